The molecule has 0 amide bonds. The molecule has 19 rings (SSSR count). The lowest BCUT2D eigenvalue weighted by Crippen LogP contribution is -2.25. The fourth-order valence-corrected chi connectivity index (χ4v) is 22.1. The van der Waals surface area contributed by atoms with E-state index in [1.54, 1.807) is 0 Å². The van der Waals surface area contributed by atoms with Gasteiger partial charge >= 0.3 is 0 Å². The first-order valence-electron chi connectivity index (χ1n) is 41.0. The number of rotatable bonds is 20. The predicted octanol–water partition coefficient (Wildman–Crippen LogP) is 31.2. The number of hydrogen-bond donors (Lipinski definition) is 0. The Morgan fingerprint density at radius 1 is 0.176 bits per heavy atom. The van der Waals surface area contributed by atoms with E-state index in [0.717, 1.165) is 89.9 Å². The lowest BCUT2D eigenvalue weighted by molar-refractivity contribution is 0.435. The first-order chi connectivity index (χ1) is 53.2. The Balaban J connectivity index is 0.724. The summed E-state index contributed by atoms with van der Waals surface area (Å²) in [6.07, 6.45) is 15.5. The van der Waals surface area contributed by atoms with E-state index in [-0.39, 0.29) is 16.2 Å². The molecule has 0 unspecified atom stereocenters. The van der Waals surface area contributed by atoms with Crippen molar-refractivity contribution in [1.82, 2.24) is 0 Å². The van der Waals surface area contributed by atoms with Crippen molar-refractivity contribution in [2.75, 3.05) is 0 Å². The van der Waals surface area contributed by atoms with Gasteiger partial charge < -0.3 is 0 Å². The van der Waals surface area contributed by atoms with E-state index in [9.17, 15) is 0 Å². The standard InChI is InChI=1S/C108H96/c1-8-29-69-44-46-70(47-45-69)100-82-31-15-17-33-84(82)101(85-34-18-16-32-83(85)100)74-51-56-80-78-53-48-71(64-95(78)107(60-11-4,61-12-5)98(80)67-74)72-49-54-79-81-57-52-75(68-99(81)108(62-13-6,63-14-7)96(79)65-72)103-88-37-21-25-41-92(88)105(93-42-26-22-38-89(93)103)104-90-39-23-19-35-86(90)102(87-36-20-24-40-91(87)104)73-50-55-77-76-30-27-28-43-94(76)106(58-9-2,59-10-3)97(77)66-73/h15-28,30-57,64-68H,8-14,29,58-63H2,1-7H3. The predicted molar refractivity (Wildman–Crippen MR) is 466 cm³/mol. The Morgan fingerprint density at radius 3 is 0.667 bits per heavy atom. The van der Waals surface area contributed by atoms with Crippen molar-refractivity contribution in [3.05, 3.63) is 324 Å². The van der Waals surface area contributed by atoms with Crippen molar-refractivity contribution in [1.29, 1.82) is 0 Å². The quantitative estimate of drug-likeness (QED) is 0.0667. The van der Waals surface area contributed by atoms with Crippen LogP contribution >= 0.6 is 0 Å². The molecule has 108 heavy (non-hydrogen) atoms. The van der Waals surface area contributed by atoms with Crippen molar-refractivity contribution in [2.24, 2.45) is 0 Å². The summed E-state index contributed by atoms with van der Waals surface area (Å²) in [5.41, 5.74) is 34.2. The van der Waals surface area contributed by atoms with Crippen molar-refractivity contribution in [3.63, 3.8) is 0 Å². The van der Waals surface area contributed by atoms with E-state index < -0.39 is 0 Å². The molecule has 0 heteroatoms. The topological polar surface area (TPSA) is 0 Å². The van der Waals surface area contributed by atoms with Crippen LogP contribution in [0.4, 0.5) is 0 Å². The van der Waals surface area contributed by atoms with Gasteiger partial charge in [-0.3, -0.25) is 0 Å². The number of aryl methyl sites for hydroxylation is 1. The third kappa shape index (κ3) is 10.1. The van der Waals surface area contributed by atoms with Gasteiger partial charge in [0.05, 0.1) is 0 Å². The first-order valence-corrected chi connectivity index (χ1v) is 41.0. The van der Waals surface area contributed by atoms with Crippen LogP contribution in [0.5, 0.6) is 0 Å². The van der Waals surface area contributed by atoms with Crippen LogP contribution in [0.3, 0.4) is 0 Å². The molecule has 3 aliphatic carbocycles. The van der Waals surface area contributed by atoms with Crippen LogP contribution in [0.2, 0.25) is 0 Å². The van der Waals surface area contributed by atoms with Crippen molar-refractivity contribution in [2.45, 2.75) is 155 Å². The van der Waals surface area contributed by atoms with E-state index >= 15 is 0 Å². The molecule has 0 aromatic heterocycles. The summed E-state index contributed by atoms with van der Waals surface area (Å²) in [7, 11) is 0. The van der Waals surface area contributed by atoms with Crippen LogP contribution in [0, 0.1) is 0 Å². The molecule has 0 aliphatic heterocycles. The highest BCUT2D eigenvalue weighted by atomic mass is 14.5. The number of fused-ring (bicyclic) bond motifs is 15. The second kappa shape index (κ2) is 27.1. The summed E-state index contributed by atoms with van der Waals surface area (Å²) >= 11 is 0. The zero-order valence-corrected chi connectivity index (χ0v) is 64.0. The second-order valence-corrected chi connectivity index (χ2v) is 32.1. The molecule has 0 radical (unpaired) electrons. The van der Waals surface area contributed by atoms with Crippen LogP contribution in [0.15, 0.2) is 285 Å². The summed E-state index contributed by atoms with van der Waals surface area (Å²) in [6, 6.07) is 112. The summed E-state index contributed by atoms with van der Waals surface area (Å²) in [6.45, 7) is 16.6. The van der Waals surface area contributed by atoms with Crippen LogP contribution < -0.4 is 0 Å². The molecule has 0 saturated carbocycles. The van der Waals surface area contributed by atoms with Crippen LogP contribution in [0.1, 0.15) is 171 Å². The van der Waals surface area contributed by atoms with Crippen LogP contribution in [0.25, 0.3) is 165 Å². The van der Waals surface area contributed by atoms with Gasteiger partial charge in [0.2, 0.25) is 0 Å². The molecule has 0 atom stereocenters. The van der Waals surface area contributed by atoms with Gasteiger partial charge in [-0.1, -0.05) is 348 Å². The van der Waals surface area contributed by atoms with Gasteiger partial charge in [0, 0.05) is 16.2 Å². The van der Waals surface area contributed by atoms with E-state index in [1.165, 1.54) is 204 Å². The van der Waals surface area contributed by atoms with Crippen LogP contribution in [-0.4, -0.2) is 0 Å². The van der Waals surface area contributed by atoms with Gasteiger partial charge in [0.15, 0.2) is 0 Å². The number of benzene rings is 16. The Morgan fingerprint density at radius 2 is 0.389 bits per heavy atom. The Hall–Kier alpha value is -10.9. The molecule has 0 nitrogen and oxygen atoms in total. The maximum Gasteiger partial charge on any atom is 0.0215 e. The molecule has 0 N–H and O–H groups in total. The van der Waals surface area contributed by atoms with E-state index in [2.05, 4.69) is 334 Å². The largest absolute Gasteiger partial charge is 0.0653 e. The summed E-state index contributed by atoms with van der Waals surface area (Å²) in [5.74, 6) is 0. The Kier molecular flexibility index (Phi) is 17.0. The maximum absolute atomic E-state index is 2.66. The minimum absolute atomic E-state index is 0.00982. The van der Waals surface area contributed by atoms with Crippen molar-refractivity contribution >= 4 is 64.6 Å². The highest BCUT2D eigenvalue weighted by Gasteiger charge is 2.46. The average Bonchev–Trinajstić information content (AvgIpc) is 1.21. The first kappa shape index (κ1) is 67.7. The van der Waals surface area contributed by atoms with Gasteiger partial charge in [-0.25, -0.2) is 0 Å². The van der Waals surface area contributed by atoms with E-state index in [1.807, 2.05) is 0 Å². The molecule has 528 valence electrons. The summed E-state index contributed by atoms with van der Waals surface area (Å²) in [4.78, 5) is 0. The lowest BCUT2D eigenvalue weighted by atomic mass is 9.70. The third-order valence-corrected chi connectivity index (χ3v) is 26.1. The zero-order chi connectivity index (χ0) is 73.0. The molecule has 0 fully saturated rings. The molecule has 0 saturated heterocycles. The third-order valence-electron chi connectivity index (χ3n) is 26.1. The molecule has 0 spiro atoms. The molecule has 0 heterocycles. The van der Waals surface area contributed by atoms with Gasteiger partial charge in [-0.2, -0.15) is 0 Å². The van der Waals surface area contributed by atoms with E-state index in [0.29, 0.717) is 0 Å². The Labute approximate surface area is 639 Å². The fraction of sp³-hybridized carbons (Fsp3) is 0.222. The van der Waals surface area contributed by atoms with Gasteiger partial charge in [0.25, 0.3) is 0 Å². The lowest BCUT2D eigenvalue weighted by Gasteiger charge is -2.33. The Bertz CT molecular complexity index is 6100. The van der Waals surface area contributed by atoms with Crippen LogP contribution in [-0.2, 0) is 22.7 Å². The molecular formula is C108H96. The monoisotopic (exact) mass is 1390 g/mol. The van der Waals surface area contributed by atoms with Gasteiger partial charge in [-0.05, 0) is 279 Å². The smallest absolute Gasteiger partial charge is 0.0215 e. The van der Waals surface area contributed by atoms with E-state index in [4.69, 9.17) is 0 Å². The highest BCUT2D eigenvalue weighted by Crippen LogP contribution is 2.61. The zero-order valence-electron chi connectivity index (χ0n) is 64.0. The van der Waals surface area contributed by atoms with Gasteiger partial charge in [0.1, 0.15) is 0 Å². The second-order valence-electron chi connectivity index (χ2n) is 32.1. The van der Waals surface area contributed by atoms with Crippen molar-refractivity contribution < 1.29 is 0 Å². The minimum Gasteiger partial charge on any atom is -0.0653 e. The minimum atomic E-state index is -0.162. The molecule has 0 bridgehead atoms. The normalized spacial score (nSPS) is 14.1. The number of hydrogen-bond acceptors (Lipinski definition) is 0. The summed E-state index contributed by atoms with van der Waals surface area (Å²) in [5, 5.41) is 15.5. The maximum atomic E-state index is 2.66. The molecule has 16 aromatic carbocycles. The molecule has 3 aliphatic rings. The average molecular weight is 1390 g/mol. The SMILES string of the molecule is CCCc1ccc(-c2c3ccccc3c(-c3ccc4c(c3)C(CCC)(CCC)c3cc(-c5ccc6c(c5)C(CCC)(CCC)c5cc(-c7c8ccccc8c(-c8c9ccccc9c(-c9ccc%10c(c9)C(CCC)(CCC)c9ccccc9-%10)c9ccccc89)c8ccccc78)ccc5-6)ccc3-4)c3ccccc23)cc1. The summed E-state index contributed by atoms with van der Waals surface area (Å²) < 4.78 is 0. The molecular weight excluding hydrogens is 1300 g/mol. The molecule has 16 aromatic rings. The highest BCUT2D eigenvalue weighted by molar-refractivity contribution is 6.30. The van der Waals surface area contributed by atoms with Crippen molar-refractivity contribution in [3.8, 4) is 100 Å². The van der Waals surface area contributed by atoms with Gasteiger partial charge in [-0.15, -0.1) is 0 Å². The fourth-order valence-electron chi connectivity index (χ4n) is 22.1.